The highest BCUT2D eigenvalue weighted by Crippen LogP contribution is 2.40. The summed E-state index contributed by atoms with van der Waals surface area (Å²) in [5, 5.41) is 5.96. The number of anilines is 1. The van der Waals surface area contributed by atoms with Crippen LogP contribution in [0, 0.1) is 11.8 Å². The number of carbonyl (C=O) groups excluding carboxylic acids is 1. The molecule has 1 aliphatic carbocycles. The molecule has 1 amide bonds. The topological polar surface area (TPSA) is 41.1 Å². The summed E-state index contributed by atoms with van der Waals surface area (Å²) >= 11 is 0. The average Bonchev–Trinajstić information content (AvgIpc) is 2.52. The Labute approximate surface area is 146 Å². The smallest absolute Gasteiger partial charge is 0.326 e. The molecule has 2 rings (SSSR count). The van der Waals surface area contributed by atoms with Gasteiger partial charge >= 0.3 is 6.18 Å². The third-order valence-electron chi connectivity index (χ3n) is 4.28. The lowest BCUT2D eigenvalue weighted by molar-refractivity contribution is -0.185. The first-order valence-electron chi connectivity index (χ1n) is 8.07. The van der Waals surface area contributed by atoms with E-state index in [4.69, 9.17) is 0 Å². The van der Waals surface area contributed by atoms with Crippen LogP contribution in [-0.4, -0.2) is 18.6 Å². The molecule has 0 aliphatic heterocycles. The van der Waals surface area contributed by atoms with Crippen molar-refractivity contribution in [3.05, 3.63) is 29.8 Å². The normalized spacial score (nSPS) is 21.0. The van der Waals surface area contributed by atoms with Crippen LogP contribution in [0.4, 0.5) is 18.9 Å². The Morgan fingerprint density at radius 2 is 2.04 bits per heavy atom. The molecule has 0 bridgehead atoms. The third kappa shape index (κ3) is 5.98. The number of carbonyl (C=O) groups is 1. The molecule has 2 atom stereocenters. The minimum atomic E-state index is -4.20. The second-order valence-corrected chi connectivity index (χ2v) is 6.07. The number of hydrogen-bond donors (Lipinski definition) is 2. The first-order valence-corrected chi connectivity index (χ1v) is 8.07. The Hall–Kier alpha value is -1.27. The number of hydrogen-bond acceptors (Lipinski definition) is 2. The van der Waals surface area contributed by atoms with Crippen molar-refractivity contribution in [3.8, 4) is 0 Å². The van der Waals surface area contributed by atoms with E-state index in [1.54, 1.807) is 6.07 Å². The van der Waals surface area contributed by atoms with Crippen LogP contribution in [0.5, 0.6) is 0 Å². The van der Waals surface area contributed by atoms with Crippen LogP contribution < -0.4 is 10.6 Å². The van der Waals surface area contributed by atoms with Gasteiger partial charge in [0.2, 0.25) is 5.91 Å². The van der Waals surface area contributed by atoms with Crippen LogP contribution in [0.25, 0.3) is 0 Å². The van der Waals surface area contributed by atoms with Gasteiger partial charge in [0.05, 0.1) is 5.92 Å². The number of alkyl halides is 3. The minimum absolute atomic E-state index is 0. The van der Waals surface area contributed by atoms with E-state index in [9.17, 15) is 18.0 Å². The molecule has 0 radical (unpaired) electrons. The quantitative estimate of drug-likeness (QED) is 0.806. The second-order valence-electron chi connectivity index (χ2n) is 6.07. The van der Waals surface area contributed by atoms with Gasteiger partial charge in [0, 0.05) is 18.2 Å². The standard InChI is InChI=1S/C17H23F3N2O.ClH/c1-2-21-11-12-5-3-8-15(9-12)22-16(23)13-6-4-7-14(10-13)17(18,19)20;/h3,5,8-9,13-14,21H,2,4,6-7,10-11H2,1H3,(H,22,23);1H. The molecule has 1 saturated carbocycles. The van der Waals surface area contributed by atoms with Crippen molar-refractivity contribution in [3.63, 3.8) is 0 Å². The van der Waals surface area contributed by atoms with Crippen LogP contribution in [0.3, 0.4) is 0 Å². The van der Waals surface area contributed by atoms with Crippen molar-refractivity contribution in [1.29, 1.82) is 0 Å². The summed E-state index contributed by atoms with van der Waals surface area (Å²) < 4.78 is 38.5. The van der Waals surface area contributed by atoms with Gasteiger partial charge in [0.15, 0.2) is 0 Å². The summed E-state index contributed by atoms with van der Waals surface area (Å²) in [4.78, 5) is 12.3. The zero-order chi connectivity index (χ0) is 16.9. The molecule has 1 fully saturated rings. The molecule has 0 saturated heterocycles. The summed E-state index contributed by atoms with van der Waals surface area (Å²) in [6.07, 6.45) is -3.21. The maximum absolute atomic E-state index is 12.8. The van der Waals surface area contributed by atoms with E-state index in [1.807, 2.05) is 25.1 Å². The number of halogens is 4. The SMILES string of the molecule is CCNCc1cccc(NC(=O)C2CCCC(C(F)(F)F)C2)c1.Cl. The molecule has 0 aromatic heterocycles. The second kappa shape index (κ2) is 9.28. The Morgan fingerprint density at radius 3 is 2.71 bits per heavy atom. The fourth-order valence-corrected chi connectivity index (χ4v) is 3.00. The molecule has 1 aromatic carbocycles. The van der Waals surface area contributed by atoms with Gasteiger partial charge in [-0.1, -0.05) is 25.5 Å². The van der Waals surface area contributed by atoms with Crippen molar-refractivity contribution in [1.82, 2.24) is 5.32 Å². The van der Waals surface area contributed by atoms with Gasteiger partial charge in [-0.05, 0) is 43.5 Å². The summed E-state index contributed by atoms with van der Waals surface area (Å²) in [5.74, 6) is -2.22. The van der Waals surface area contributed by atoms with E-state index in [1.165, 1.54) is 0 Å². The maximum Gasteiger partial charge on any atom is 0.391 e. The van der Waals surface area contributed by atoms with Crippen LogP contribution >= 0.6 is 12.4 Å². The molecule has 0 heterocycles. The number of amides is 1. The van der Waals surface area contributed by atoms with Gasteiger partial charge in [-0.15, -0.1) is 12.4 Å². The Kier molecular flexibility index (Phi) is 8.03. The lowest BCUT2D eigenvalue weighted by atomic mass is 9.80. The molecule has 0 spiro atoms. The molecular weight excluding hydrogens is 341 g/mol. The van der Waals surface area contributed by atoms with Crippen LogP contribution in [0.2, 0.25) is 0 Å². The fraction of sp³-hybridized carbons (Fsp3) is 0.588. The Balaban J connectivity index is 0.00000288. The van der Waals surface area contributed by atoms with Crippen LogP contribution in [-0.2, 0) is 11.3 Å². The van der Waals surface area contributed by atoms with E-state index in [2.05, 4.69) is 10.6 Å². The molecule has 7 heteroatoms. The fourth-order valence-electron chi connectivity index (χ4n) is 3.00. The third-order valence-corrected chi connectivity index (χ3v) is 4.28. The lowest BCUT2D eigenvalue weighted by Crippen LogP contribution is -2.34. The highest BCUT2D eigenvalue weighted by atomic mass is 35.5. The van der Waals surface area contributed by atoms with E-state index < -0.39 is 18.0 Å². The minimum Gasteiger partial charge on any atom is -0.326 e. The zero-order valence-electron chi connectivity index (χ0n) is 13.7. The highest BCUT2D eigenvalue weighted by molar-refractivity contribution is 5.92. The van der Waals surface area contributed by atoms with Gasteiger partial charge in [-0.2, -0.15) is 13.2 Å². The van der Waals surface area contributed by atoms with E-state index >= 15 is 0 Å². The molecule has 3 nitrogen and oxygen atoms in total. The molecule has 1 aliphatic rings. The molecule has 136 valence electrons. The molecular formula is C17H24ClF3N2O. The molecule has 2 unspecified atom stereocenters. The molecule has 24 heavy (non-hydrogen) atoms. The van der Waals surface area contributed by atoms with Crippen molar-refractivity contribution >= 4 is 24.0 Å². The zero-order valence-corrected chi connectivity index (χ0v) is 14.5. The van der Waals surface area contributed by atoms with Gasteiger partial charge in [-0.3, -0.25) is 4.79 Å². The van der Waals surface area contributed by atoms with E-state index in [0.717, 1.165) is 12.1 Å². The van der Waals surface area contributed by atoms with E-state index in [0.29, 0.717) is 25.1 Å². The lowest BCUT2D eigenvalue weighted by Gasteiger charge is -2.29. The maximum atomic E-state index is 12.8. The average molecular weight is 365 g/mol. The van der Waals surface area contributed by atoms with Crippen molar-refractivity contribution in [2.45, 2.75) is 45.3 Å². The number of benzene rings is 1. The summed E-state index contributed by atoms with van der Waals surface area (Å²) in [6, 6.07) is 7.39. The van der Waals surface area contributed by atoms with Gasteiger partial charge in [0.25, 0.3) is 0 Å². The highest BCUT2D eigenvalue weighted by Gasteiger charge is 2.43. The van der Waals surface area contributed by atoms with Crippen LogP contribution in [0.1, 0.15) is 38.2 Å². The predicted octanol–water partition coefficient (Wildman–Crippen LogP) is 4.53. The Bertz CT molecular complexity index is 537. The van der Waals surface area contributed by atoms with Crippen molar-refractivity contribution in [2.24, 2.45) is 11.8 Å². The first-order chi connectivity index (χ1) is 10.9. The Morgan fingerprint density at radius 1 is 1.29 bits per heavy atom. The van der Waals surface area contributed by atoms with Gasteiger partial charge in [0.1, 0.15) is 0 Å². The predicted molar refractivity (Wildman–Crippen MR) is 91.2 cm³/mol. The number of rotatable bonds is 5. The number of nitrogens with one attached hydrogen (secondary N) is 2. The first kappa shape index (κ1) is 20.8. The van der Waals surface area contributed by atoms with Crippen molar-refractivity contribution in [2.75, 3.05) is 11.9 Å². The molecule has 1 aromatic rings. The summed E-state index contributed by atoms with van der Waals surface area (Å²) in [7, 11) is 0. The van der Waals surface area contributed by atoms with E-state index in [-0.39, 0.29) is 31.2 Å². The van der Waals surface area contributed by atoms with Crippen molar-refractivity contribution < 1.29 is 18.0 Å². The summed E-state index contributed by atoms with van der Waals surface area (Å²) in [5.41, 5.74) is 1.67. The largest absolute Gasteiger partial charge is 0.391 e. The van der Waals surface area contributed by atoms with Gasteiger partial charge in [-0.25, -0.2) is 0 Å². The summed E-state index contributed by atoms with van der Waals surface area (Å²) in [6.45, 7) is 3.54. The van der Waals surface area contributed by atoms with Crippen LogP contribution in [0.15, 0.2) is 24.3 Å². The van der Waals surface area contributed by atoms with Gasteiger partial charge < -0.3 is 10.6 Å². The monoisotopic (exact) mass is 364 g/mol. The molecule has 2 N–H and O–H groups in total.